The maximum Gasteiger partial charge on any atom is 0.273 e. The third kappa shape index (κ3) is 1.36. The summed E-state index contributed by atoms with van der Waals surface area (Å²) in [5.74, 6) is 0.0584. The minimum absolute atomic E-state index is 0.0584. The molecule has 3 nitrogen and oxygen atoms in total. The number of hydrogen-bond donors (Lipinski definition) is 0. The van der Waals surface area contributed by atoms with Gasteiger partial charge < -0.3 is 4.90 Å². The summed E-state index contributed by atoms with van der Waals surface area (Å²) in [6.07, 6.45) is 2.81. The number of likely N-dealkylation sites (tertiary alicyclic amines) is 1. The Morgan fingerprint density at radius 1 is 1.19 bits per heavy atom. The molecule has 0 saturated carbocycles. The second kappa shape index (κ2) is 3.59. The van der Waals surface area contributed by atoms with Gasteiger partial charge in [0, 0.05) is 24.7 Å². The molecule has 0 bridgehead atoms. The first-order chi connectivity index (χ1) is 7.86. The average molecular weight is 212 g/mol. The Labute approximate surface area is 93.7 Å². The van der Waals surface area contributed by atoms with E-state index in [1.54, 1.807) is 6.20 Å². The van der Waals surface area contributed by atoms with Crippen LogP contribution in [0.25, 0.3) is 10.8 Å². The van der Waals surface area contributed by atoms with Gasteiger partial charge in [-0.15, -0.1) is 0 Å². The molecule has 80 valence electrons. The van der Waals surface area contributed by atoms with Crippen molar-refractivity contribution in [2.45, 2.75) is 6.42 Å². The zero-order chi connectivity index (χ0) is 11.0. The van der Waals surface area contributed by atoms with Gasteiger partial charge in [-0.2, -0.15) is 0 Å². The van der Waals surface area contributed by atoms with Gasteiger partial charge >= 0.3 is 0 Å². The molecule has 0 spiro atoms. The fourth-order valence-corrected chi connectivity index (χ4v) is 1.96. The summed E-state index contributed by atoms with van der Waals surface area (Å²) in [5.41, 5.74) is 0.581. The summed E-state index contributed by atoms with van der Waals surface area (Å²) in [4.78, 5) is 18.2. The van der Waals surface area contributed by atoms with E-state index in [0.29, 0.717) is 5.69 Å². The highest BCUT2D eigenvalue weighted by molar-refractivity contribution is 6.05. The molecule has 0 N–H and O–H groups in total. The Morgan fingerprint density at radius 2 is 2.00 bits per heavy atom. The van der Waals surface area contributed by atoms with E-state index in [2.05, 4.69) is 4.98 Å². The molecule has 0 radical (unpaired) electrons. The number of amides is 1. The van der Waals surface area contributed by atoms with Crippen LogP contribution in [-0.4, -0.2) is 28.9 Å². The van der Waals surface area contributed by atoms with Crippen LogP contribution in [0.1, 0.15) is 16.9 Å². The van der Waals surface area contributed by atoms with E-state index in [9.17, 15) is 4.79 Å². The first kappa shape index (κ1) is 9.33. The summed E-state index contributed by atoms with van der Waals surface area (Å²) in [5, 5.41) is 2.02. The summed E-state index contributed by atoms with van der Waals surface area (Å²) < 4.78 is 0. The number of hydrogen-bond acceptors (Lipinski definition) is 2. The molecule has 2 heterocycles. The lowest BCUT2D eigenvalue weighted by atomic mass is 10.1. The highest BCUT2D eigenvalue weighted by atomic mass is 16.2. The molecule has 16 heavy (non-hydrogen) atoms. The van der Waals surface area contributed by atoms with Crippen molar-refractivity contribution in [1.82, 2.24) is 9.88 Å². The van der Waals surface area contributed by atoms with Crippen molar-refractivity contribution in [3.63, 3.8) is 0 Å². The second-order valence-corrected chi connectivity index (χ2v) is 4.03. The van der Waals surface area contributed by atoms with E-state index in [-0.39, 0.29) is 5.91 Å². The molecule has 1 amide bonds. The fourth-order valence-electron chi connectivity index (χ4n) is 1.96. The molecule has 1 saturated heterocycles. The summed E-state index contributed by atoms with van der Waals surface area (Å²) in [6, 6.07) is 9.80. The summed E-state index contributed by atoms with van der Waals surface area (Å²) >= 11 is 0. The van der Waals surface area contributed by atoms with Crippen molar-refractivity contribution in [3.05, 3.63) is 42.2 Å². The maximum absolute atomic E-state index is 12.1. The van der Waals surface area contributed by atoms with Gasteiger partial charge in [-0.3, -0.25) is 9.78 Å². The van der Waals surface area contributed by atoms with Gasteiger partial charge in [0.1, 0.15) is 5.69 Å². The van der Waals surface area contributed by atoms with Crippen LogP contribution in [0.4, 0.5) is 0 Å². The largest absolute Gasteiger partial charge is 0.337 e. The zero-order valence-electron chi connectivity index (χ0n) is 8.89. The van der Waals surface area contributed by atoms with Crippen molar-refractivity contribution in [1.29, 1.82) is 0 Å². The number of pyridine rings is 1. The molecule has 1 fully saturated rings. The van der Waals surface area contributed by atoms with Crippen molar-refractivity contribution in [2.24, 2.45) is 0 Å². The van der Waals surface area contributed by atoms with Crippen molar-refractivity contribution in [2.75, 3.05) is 13.1 Å². The van der Waals surface area contributed by atoms with Gasteiger partial charge in [0.15, 0.2) is 0 Å². The molecule has 3 heteroatoms. The highest BCUT2D eigenvalue weighted by Crippen LogP contribution is 2.19. The molecule has 2 aromatic rings. The van der Waals surface area contributed by atoms with Crippen LogP contribution in [0.3, 0.4) is 0 Å². The standard InChI is InChI=1S/C13H12N2O/c16-13(15-8-3-9-15)12-11-5-2-1-4-10(11)6-7-14-12/h1-2,4-7H,3,8-9H2. The number of carbonyl (C=O) groups excluding carboxylic acids is 1. The number of aromatic nitrogens is 1. The lowest BCUT2D eigenvalue weighted by Crippen LogP contribution is -2.42. The van der Waals surface area contributed by atoms with Crippen molar-refractivity contribution in [3.8, 4) is 0 Å². The smallest absolute Gasteiger partial charge is 0.273 e. The molecule has 1 aromatic carbocycles. The average Bonchev–Trinajstić information content (AvgIpc) is 2.26. The van der Waals surface area contributed by atoms with Gasteiger partial charge in [0.25, 0.3) is 5.91 Å². The first-order valence-electron chi connectivity index (χ1n) is 5.49. The van der Waals surface area contributed by atoms with Gasteiger partial charge in [0.05, 0.1) is 0 Å². The second-order valence-electron chi connectivity index (χ2n) is 4.03. The molecule has 0 aliphatic carbocycles. The SMILES string of the molecule is O=C(c1nccc2ccccc12)N1CCC1. The zero-order valence-corrected chi connectivity index (χ0v) is 8.89. The molecule has 0 atom stereocenters. The predicted molar refractivity (Wildman–Crippen MR) is 62.3 cm³/mol. The van der Waals surface area contributed by atoms with E-state index >= 15 is 0 Å². The minimum Gasteiger partial charge on any atom is -0.337 e. The maximum atomic E-state index is 12.1. The van der Waals surface area contributed by atoms with Crippen LogP contribution in [0, 0.1) is 0 Å². The van der Waals surface area contributed by atoms with Crippen LogP contribution in [0.15, 0.2) is 36.5 Å². The van der Waals surface area contributed by atoms with Gasteiger partial charge in [0.2, 0.25) is 0 Å². The van der Waals surface area contributed by atoms with Crippen LogP contribution in [0.5, 0.6) is 0 Å². The van der Waals surface area contributed by atoms with E-state index in [1.165, 1.54) is 0 Å². The summed E-state index contributed by atoms with van der Waals surface area (Å²) in [6.45, 7) is 1.73. The number of fused-ring (bicyclic) bond motifs is 1. The van der Waals surface area contributed by atoms with Gasteiger partial charge in [-0.25, -0.2) is 0 Å². The Bertz CT molecular complexity index is 541. The lowest BCUT2D eigenvalue weighted by molar-refractivity contribution is 0.0648. The Balaban J connectivity index is 2.12. The van der Waals surface area contributed by atoms with Crippen LogP contribution < -0.4 is 0 Å². The van der Waals surface area contributed by atoms with E-state index in [0.717, 1.165) is 30.3 Å². The molecule has 1 aliphatic rings. The Kier molecular flexibility index (Phi) is 2.10. The third-order valence-corrected chi connectivity index (χ3v) is 3.02. The predicted octanol–water partition coefficient (Wildman–Crippen LogP) is 2.08. The number of carbonyl (C=O) groups is 1. The fraction of sp³-hybridized carbons (Fsp3) is 0.231. The number of nitrogens with zero attached hydrogens (tertiary/aromatic N) is 2. The highest BCUT2D eigenvalue weighted by Gasteiger charge is 2.23. The quantitative estimate of drug-likeness (QED) is 0.725. The van der Waals surface area contributed by atoms with Gasteiger partial charge in [-0.1, -0.05) is 24.3 Å². The Morgan fingerprint density at radius 3 is 2.75 bits per heavy atom. The van der Waals surface area contributed by atoms with E-state index in [4.69, 9.17) is 0 Å². The minimum atomic E-state index is 0.0584. The molecular formula is C13H12N2O. The van der Waals surface area contributed by atoms with E-state index in [1.807, 2.05) is 35.2 Å². The van der Waals surface area contributed by atoms with Crippen LogP contribution >= 0.6 is 0 Å². The van der Waals surface area contributed by atoms with Gasteiger partial charge in [-0.05, 0) is 17.9 Å². The van der Waals surface area contributed by atoms with Crippen molar-refractivity contribution >= 4 is 16.7 Å². The first-order valence-corrected chi connectivity index (χ1v) is 5.49. The topological polar surface area (TPSA) is 33.2 Å². The summed E-state index contributed by atoms with van der Waals surface area (Å²) in [7, 11) is 0. The molecular weight excluding hydrogens is 200 g/mol. The van der Waals surface area contributed by atoms with Crippen LogP contribution in [0.2, 0.25) is 0 Å². The normalized spacial score (nSPS) is 14.9. The van der Waals surface area contributed by atoms with Crippen molar-refractivity contribution < 1.29 is 4.79 Å². The molecule has 3 rings (SSSR count). The number of benzene rings is 1. The molecule has 0 unspecified atom stereocenters. The molecule has 1 aromatic heterocycles. The monoisotopic (exact) mass is 212 g/mol. The van der Waals surface area contributed by atoms with Crippen LogP contribution in [-0.2, 0) is 0 Å². The lowest BCUT2D eigenvalue weighted by Gasteiger charge is -2.30. The third-order valence-electron chi connectivity index (χ3n) is 3.02. The number of rotatable bonds is 1. The van der Waals surface area contributed by atoms with E-state index < -0.39 is 0 Å². The molecule has 1 aliphatic heterocycles. The Hall–Kier alpha value is -1.90.